The van der Waals surface area contributed by atoms with Crippen LogP contribution < -0.4 is 9.80 Å². The lowest BCUT2D eigenvalue weighted by molar-refractivity contribution is 0.0944. The topological polar surface area (TPSA) is 45.1 Å². The number of hydrogen-bond acceptors (Lipinski definition) is 6. The van der Waals surface area contributed by atoms with E-state index in [-0.39, 0.29) is 11.7 Å². The molecule has 3 aliphatic heterocycles. The third-order valence-electron chi connectivity index (χ3n) is 5.63. The van der Waals surface area contributed by atoms with Crippen LogP contribution in [0, 0.1) is 12.8 Å². The second kappa shape index (κ2) is 6.77. The van der Waals surface area contributed by atoms with Crippen LogP contribution in [0.1, 0.15) is 28.1 Å². The summed E-state index contributed by atoms with van der Waals surface area (Å²) in [6.07, 6.45) is 1.91. The fraction of sp³-hybridized carbons (Fsp3) is 0.429. The van der Waals surface area contributed by atoms with E-state index in [1.807, 2.05) is 13.0 Å². The van der Waals surface area contributed by atoms with Crippen LogP contribution in [-0.2, 0) is 4.74 Å². The number of anilines is 2. The number of hydrogen-bond donors (Lipinski definition) is 0. The lowest BCUT2D eigenvalue weighted by atomic mass is 9.87. The van der Waals surface area contributed by atoms with Gasteiger partial charge in [-0.15, -0.1) is 11.3 Å². The van der Waals surface area contributed by atoms with Crippen molar-refractivity contribution in [2.75, 3.05) is 42.6 Å². The molecule has 140 valence electrons. The average Bonchev–Trinajstić information content (AvgIpc) is 3.09. The van der Waals surface area contributed by atoms with Crippen LogP contribution in [0.25, 0.3) is 0 Å². The number of aliphatic imine (C=N–C) groups is 1. The number of aryl methyl sites for hydroxylation is 1. The summed E-state index contributed by atoms with van der Waals surface area (Å²) in [5.41, 5.74) is 3.17. The van der Waals surface area contributed by atoms with E-state index in [1.54, 1.807) is 11.3 Å². The first-order chi connectivity index (χ1) is 13.2. The van der Waals surface area contributed by atoms with Gasteiger partial charge in [-0.2, -0.15) is 0 Å². The number of thiophene rings is 1. The molecule has 0 amide bonds. The smallest absolute Gasteiger partial charge is 0.176 e. The van der Waals surface area contributed by atoms with Crippen molar-refractivity contribution in [3.05, 3.63) is 40.8 Å². The molecule has 0 spiro atoms. The van der Waals surface area contributed by atoms with Gasteiger partial charge in [-0.25, -0.2) is 4.99 Å². The zero-order valence-electron chi connectivity index (χ0n) is 15.5. The summed E-state index contributed by atoms with van der Waals surface area (Å²) in [4.78, 5) is 23.7. The van der Waals surface area contributed by atoms with Gasteiger partial charge in [-0.1, -0.05) is 0 Å². The number of nitrogens with zero attached hydrogens (tertiary/aromatic N) is 3. The van der Waals surface area contributed by atoms with Crippen molar-refractivity contribution >= 4 is 39.3 Å². The summed E-state index contributed by atoms with van der Waals surface area (Å²) < 4.78 is 5.44. The van der Waals surface area contributed by atoms with Crippen molar-refractivity contribution in [3.63, 3.8) is 0 Å². The maximum absolute atomic E-state index is 13.0. The number of Topliss-reactive ketones (excluding diaryl/α,β-unsaturated/α-hetero) is 1. The highest BCUT2D eigenvalue weighted by Gasteiger charge is 2.38. The van der Waals surface area contributed by atoms with Gasteiger partial charge in [-0.3, -0.25) is 4.79 Å². The quantitative estimate of drug-likeness (QED) is 0.788. The van der Waals surface area contributed by atoms with Crippen LogP contribution >= 0.6 is 11.3 Å². The lowest BCUT2D eigenvalue weighted by Gasteiger charge is -2.37. The molecule has 1 aromatic heterocycles. The van der Waals surface area contributed by atoms with E-state index in [4.69, 9.17) is 9.73 Å². The number of piperidine rings is 1. The van der Waals surface area contributed by atoms with Gasteiger partial charge < -0.3 is 14.5 Å². The molecule has 5 nitrogen and oxygen atoms in total. The number of rotatable bonds is 2. The molecule has 3 aliphatic rings. The van der Waals surface area contributed by atoms with Crippen molar-refractivity contribution in [1.82, 2.24) is 0 Å². The highest BCUT2D eigenvalue weighted by molar-refractivity contribution is 7.16. The SMILES string of the molecule is Cc1cc2c(s1)N=C1C(CCCN1c1ccc(N3CCOCC3)cc1)C2=O. The molecule has 27 heavy (non-hydrogen) atoms. The summed E-state index contributed by atoms with van der Waals surface area (Å²) in [5.74, 6) is 1.08. The fourth-order valence-electron chi connectivity index (χ4n) is 4.25. The lowest BCUT2D eigenvalue weighted by Crippen LogP contribution is -2.45. The molecule has 0 N–H and O–H groups in total. The molecule has 0 radical (unpaired) electrons. The molecule has 2 fully saturated rings. The predicted molar refractivity (Wildman–Crippen MR) is 110 cm³/mol. The van der Waals surface area contributed by atoms with Crippen molar-refractivity contribution in [3.8, 4) is 0 Å². The van der Waals surface area contributed by atoms with E-state index in [0.717, 1.165) is 72.7 Å². The van der Waals surface area contributed by atoms with Crippen molar-refractivity contribution in [2.24, 2.45) is 10.9 Å². The maximum atomic E-state index is 13.0. The van der Waals surface area contributed by atoms with E-state index in [9.17, 15) is 4.79 Å². The first-order valence-electron chi connectivity index (χ1n) is 9.64. The monoisotopic (exact) mass is 381 g/mol. The van der Waals surface area contributed by atoms with Crippen molar-refractivity contribution in [1.29, 1.82) is 0 Å². The summed E-state index contributed by atoms with van der Waals surface area (Å²) in [5, 5.41) is 0.876. The largest absolute Gasteiger partial charge is 0.378 e. The second-order valence-corrected chi connectivity index (χ2v) is 8.61. The zero-order valence-corrected chi connectivity index (χ0v) is 16.3. The minimum atomic E-state index is -0.0980. The highest BCUT2D eigenvalue weighted by Crippen LogP contribution is 2.40. The Morgan fingerprint density at radius 3 is 2.63 bits per heavy atom. The number of carbonyl (C=O) groups excluding carboxylic acids is 1. The van der Waals surface area contributed by atoms with Crippen LogP contribution in [0.15, 0.2) is 35.3 Å². The fourth-order valence-corrected chi connectivity index (χ4v) is 5.14. The molecule has 0 aliphatic carbocycles. The molecular formula is C21H23N3O2S. The van der Waals surface area contributed by atoms with E-state index in [1.165, 1.54) is 5.69 Å². The van der Waals surface area contributed by atoms with Gasteiger partial charge in [0.1, 0.15) is 10.8 Å². The minimum absolute atomic E-state index is 0.0980. The molecule has 4 heterocycles. The molecule has 0 bridgehead atoms. The van der Waals surface area contributed by atoms with E-state index in [0.29, 0.717) is 0 Å². The number of ketones is 1. The van der Waals surface area contributed by atoms with Crippen LogP contribution in [0.5, 0.6) is 0 Å². The Labute approximate surface area is 163 Å². The molecule has 1 aromatic carbocycles. The number of carbonyl (C=O) groups is 1. The van der Waals surface area contributed by atoms with Crippen LogP contribution in [0.4, 0.5) is 16.4 Å². The van der Waals surface area contributed by atoms with Crippen LogP contribution in [-0.4, -0.2) is 44.5 Å². The van der Waals surface area contributed by atoms with Gasteiger partial charge in [0.05, 0.1) is 24.7 Å². The van der Waals surface area contributed by atoms with Crippen LogP contribution in [0.2, 0.25) is 0 Å². The van der Waals surface area contributed by atoms with Gasteiger partial charge >= 0.3 is 0 Å². The second-order valence-electron chi connectivity index (χ2n) is 7.37. The predicted octanol–water partition coefficient (Wildman–Crippen LogP) is 4.04. The summed E-state index contributed by atoms with van der Waals surface area (Å²) >= 11 is 1.61. The summed E-state index contributed by atoms with van der Waals surface area (Å²) in [6, 6.07) is 10.7. The molecule has 5 rings (SSSR count). The van der Waals surface area contributed by atoms with E-state index in [2.05, 4.69) is 34.1 Å². The summed E-state index contributed by atoms with van der Waals surface area (Å²) in [7, 11) is 0. The van der Waals surface area contributed by atoms with Gasteiger partial charge in [0.15, 0.2) is 5.78 Å². The number of morpholine rings is 1. The Bertz CT molecular complexity index is 897. The minimum Gasteiger partial charge on any atom is -0.378 e. The molecule has 6 heteroatoms. The van der Waals surface area contributed by atoms with E-state index < -0.39 is 0 Å². The van der Waals surface area contributed by atoms with Crippen molar-refractivity contribution < 1.29 is 9.53 Å². The van der Waals surface area contributed by atoms with E-state index >= 15 is 0 Å². The summed E-state index contributed by atoms with van der Waals surface area (Å²) in [6.45, 7) is 6.41. The van der Waals surface area contributed by atoms with Gasteiger partial charge in [0, 0.05) is 35.9 Å². The number of ether oxygens (including phenoxy) is 1. The molecule has 1 atom stereocenters. The number of benzene rings is 1. The first-order valence-corrected chi connectivity index (χ1v) is 10.5. The third kappa shape index (κ3) is 2.97. The molecule has 2 saturated heterocycles. The Morgan fingerprint density at radius 2 is 1.85 bits per heavy atom. The Morgan fingerprint density at radius 1 is 1.11 bits per heavy atom. The highest BCUT2D eigenvalue weighted by atomic mass is 32.1. The van der Waals surface area contributed by atoms with Crippen molar-refractivity contribution in [2.45, 2.75) is 19.8 Å². The molecular weight excluding hydrogens is 358 g/mol. The van der Waals surface area contributed by atoms with Gasteiger partial charge in [0.25, 0.3) is 0 Å². The molecule has 0 saturated carbocycles. The maximum Gasteiger partial charge on any atom is 0.176 e. The Kier molecular flexibility index (Phi) is 4.25. The average molecular weight is 382 g/mol. The Balaban J connectivity index is 1.46. The van der Waals surface area contributed by atoms with Gasteiger partial charge in [-0.05, 0) is 50.1 Å². The molecule has 2 aromatic rings. The number of fused-ring (bicyclic) bond motifs is 2. The standard InChI is InChI=1S/C21H23N3O2S/c1-14-13-18-19(25)17-3-2-8-24(20(17)22-21(18)27-14)16-6-4-15(5-7-16)23-9-11-26-12-10-23/h4-7,13,17H,2-3,8-12H2,1H3. The zero-order chi connectivity index (χ0) is 18.4. The normalized spacial score (nSPS) is 22.3. The first kappa shape index (κ1) is 17.0. The number of amidine groups is 1. The third-order valence-corrected chi connectivity index (χ3v) is 6.58. The van der Waals surface area contributed by atoms with Crippen LogP contribution in [0.3, 0.4) is 0 Å². The molecule has 1 unspecified atom stereocenters. The van der Waals surface area contributed by atoms with Gasteiger partial charge in [0.2, 0.25) is 0 Å². The Hall–Kier alpha value is -2.18.